The smallest absolute Gasteiger partial charge is 0.261 e. The molecule has 3 nitrogen and oxygen atoms in total. The normalized spacial score (nSPS) is 26.2. The summed E-state index contributed by atoms with van der Waals surface area (Å²) < 4.78 is 0. The first-order valence-electron chi connectivity index (χ1n) is 3.59. The molecule has 66 valence electrons. The third kappa shape index (κ3) is 1.57. The molecule has 0 aromatic carbocycles. The number of carbonyl (C=O) groups excluding carboxylic acids is 1. The van der Waals surface area contributed by atoms with Crippen molar-refractivity contribution in [3.8, 4) is 0 Å². The van der Waals surface area contributed by atoms with Crippen LogP contribution in [0.4, 0.5) is 0 Å². The third-order valence-electron chi connectivity index (χ3n) is 1.74. The van der Waals surface area contributed by atoms with Gasteiger partial charge in [-0.2, -0.15) is 4.99 Å². The molecule has 13 heavy (non-hydrogen) atoms. The minimum Gasteiger partial charge on any atom is -0.271 e. The van der Waals surface area contributed by atoms with Crippen LogP contribution in [0.2, 0.25) is 0 Å². The number of allylic oxidation sites excluding steroid dienone is 3. The largest absolute Gasteiger partial charge is 0.271 e. The lowest BCUT2D eigenvalue weighted by molar-refractivity contribution is -0.118. The van der Waals surface area contributed by atoms with Crippen molar-refractivity contribution in [3.05, 3.63) is 23.3 Å². The van der Waals surface area contributed by atoms with Gasteiger partial charge in [-0.3, -0.25) is 4.79 Å². The number of rotatable bonds is 0. The third-order valence-corrected chi connectivity index (χ3v) is 2.15. The molecular formula is C8H4Cl2N2O. The molecule has 2 rings (SSSR count). The first kappa shape index (κ1) is 8.66. The maximum atomic E-state index is 11.3. The van der Waals surface area contributed by atoms with Gasteiger partial charge in [0.1, 0.15) is 5.92 Å². The number of amidine groups is 1. The van der Waals surface area contributed by atoms with Gasteiger partial charge in [0.2, 0.25) is 5.29 Å². The zero-order valence-electron chi connectivity index (χ0n) is 6.37. The van der Waals surface area contributed by atoms with Crippen LogP contribution in [0.1, 0.15) is 0 Å². The molecule has 0 saturated heterocycles. The maximum Gasteiger partial charge on any atom is 0.261 e. The standard InChI is InChI=1S/C8H4Cl2N2O/c9-4-1-2-5-6(3-4)11-8(10)12-7(5)13/h1-3,5H. The molecule has 0 fully saturated rings. The quantitative estimate of drug-likeness (QED) is 0.568. The van der Waals surface area contributed by atoms with Crippen LogP contribution in [0.15, 0.2) is 33.2 Å². The Labute approximate surface area is 84.5 Å². The van der Waals surface area contributed by atoms with Crippen LogP contribution in [-0.4, -0.2) is 16.9 Å². The van der Waals surface area contributed by atoms with E-state index < -0.39 is 5.92 Å². The van der Waals surface area contributed by atoms with E-state index in [9.17, 15) is 4.79 Å². The van der Waals surface area contributed by atoms with E-state index in [-0.39, 0.29) is 11.2 Å². The van der Waals surface area contributed by atoms with Crippen LogP contribution in [0.5, 0.6) is 0 Å². The fourth-order valence-corrected chi connectivity index (χ4v) is 1.53. The maximum absolute atomic E-state index is 11.3. The first-order chi connectivity index (χ1) is 6.16. The van der Waals surface area contributed by atoms with Gasteiger partial charge in [0, 0.05) is 5.03 Å². The summed E-state index contributed by atoms with van der Waals surface area (Å²) in [4.78, 5) is 18.7. The van der Waals surface area contributed by atoms with E-state index in [1.165, 1.54) is 0 Å². The van der Waals surface area contributed by atoms with Crippen LogP contribution in [0.3, 0.4) is 0 Å². The van der Waals surface area contributed by atoms with Crippen molar-refractivity contribution >= 4 is 40.1 Å². The van der Waals surface area contributed by atoms with Gasteiger partial charge < -0.3 is 0 Å². The molecule has 1 aliphatic heterocycles. The predicted molar refractivity (Wildman–Crippen MR) is 52.3 cm³/mol. The summed E-state index contributed by atoms with van der Waals surface area (Å²) in [5.74, 6) is -0.711. The second kappa shape index (κ2) is 3.09. The molecule has 0 N–H and O–H groups in total. The first-order valence-corrected chi connectivity index (χ1v) is 4.34. The summed E-state index contributed by atoms with van der Waals surface area (Å²) in [5, 5.41) is 0.501. The highest BCUT2D eigenvalue weighted by molar-refractivity contribution is 6.67. The minimum atomic E-state index is -0.412. The summed E-state index contributed by atoms with van der Waals surface area (Å²) in [6.45, 7) is 0. The Morgan fingerprint density at radius 1 is 1.31 bits per heavy atom. The van der Waals surface area contributed by atoms with E-state index in [0.29, 0.717) is 10.7 Å². The molecule has 0 aromatic rings. The lowest BCUT2D eigenvalue weighted by Gasteiger charge is -2.16. The lowest BCUT2D eigenvalue weighted by Crippen LogP contribution is -2.25. The van der Waals surface area contributed by atoms with E-state index >= 15 is 0 Å². The van der Waals surface area contributed by atoms with Crippen molar-refractivity contribution in [2.45, 2.75) is 0 Å². The molecule has 1 amide bonds. The summed E-state index contributed by atoms with van der Waals surface area (Å²) in [6.07, 6.45) is 4.93. The minimum absolute atomic E-state index is 0.0349. The number of hydrogen-bond donors (Lipinski definition) is 0. The molecule has 1 atom stereocenters. The van der Waals surface area contributed by atoms with Gasteiger partial charge in [-0.25, -0.2) is 4.99 Å². The highest BCUT2D eigenvalue weighted by atomic mass is 35.5. The molecule has 1 unspecified atom stereocenters. The SMILES string of the molecule is O=C1N=C(Cl)N=C2C=C(Cl)C=CC12. The summed E-state index contributed by atoms with van der Waals surface area (Å²) in [6, 6.07) is 0. The molecule has 0 aromatic heterocycles. The topological polar surface area (TPSA) is 41.8 Å². The molecule has 0 radical (unpaired) electrons. The van der Waals surface area contributed by atoms with Crippen molar-refractivity contribution in [2.24, 2.45) is 15.9 Å². The number of carbonyl (C=O) groups is 1. The second-order valence-electron chi connectivity index (χ2n) is 2.62. The Kier molecular flexibility index (Phi) is 2.06. The molecule has 0 spiro atoms. The Morgan fingerprint density at radius 3 is 2.85 bits per heavy atom. The number of aliphatic imine (C=N–C) groups is 2. The molecule has 0 saturated carbocycles. The van der Waals surface area contributed by atoms with Crippen molar-refractivity contribution in [1.29, 1.82) is 0 Å². The van der Waals surface area contributed by atoms with Gasteiger partial charge in [0.15, 0.2) is 0 Å². The van der Waals surface area contributed by atoms with E-state index in [0.717, 1.165) is 0 Å². The highest BCUT2D eigenvalue weighted by Gasteiger charge is 2.26. The number of fused-ring (bicyclic) bond motifs is 1. The molecule has 0 bridgehead atoms. The molecule has 1 aliphatic carbocycles. The Bertz CT molecular complexity index is 393. The average molecular weight is 215 g/mol. The number of amides is 1. The lowest BCUT2D eigenvalue weighted by atomic mass is 9.97. The Morgan fingerprint density at radius 2 is 2.08 bits per heavy atom. The summed E-state index contributed by atoms with van der Waals surface area (Å²) in [5.41, 5.74) is 0.553. The monoisotopic (exact) mass is 214 g/mol. The molecular weight excluding hydrogens is 211 g/mol. The van der Waals surface area contributed by atoms with E-state index in [1.807, 2.05) is 0 Å². The average Bonchev–Trinajstić information content (AvgIpc) is 2.02. The van der Waals surface area contributed by atoms with Crippen LogP contribution in [0, 0.1) is 5.92 Å². The molecule has 5 heteroatoms. The molecule has 1 heterocycles. The highest BCUT2D eigenvalue weighted by Crippen LogP contribution is 2.21. The van der Waals surface area contributed by atoms with Gasteiger partial charge >= 0.3 is 0 Å². The second-order valence-corrected chi connectivity index (χ2v) is 3.40. The van der Waals surface area contributed by atoms with Crippen molar-refractivity contribution in [2.75, 3.05) is 0 Å². The Balaban J connectivity index is 2.46. The van der Waals surface area contributed by atoms with Crippen molar-refractivity contribution < 1.29 is 4.79 Å². The van der Waals surface area contributed by atoms with E-state index in [4.69, 9.17) is 23.2 Å². The van der Waals surface area contributed by atoms with Gasteiger partial charge in [-0.05, 0) is 23.8 Å². The number of halogens is 2. The number of nitrogens with zero attached hydrogens (tertiary/aromatic N) is 2. The van der Waals surface area contributed by atoms with Gasteiger partial charge in [0.25, 0.3) is 5.91 Å². The fourth-order valence-electron chi connectivity index (χ4n) is 1.17. The van der Waals surface area contributed by atoms with Gasteiger partial charge in [-0.1, -0.05) is 17.7 Å². The van der Waals surface area contributed by atoms with E-state index in [2.05, 4.69) is 9.98 Å². The van der Waals surface area contributed by atoms with E-state index in [1.54, 1.807) is 18.2 Å². The number of hydrogen-bond acceptors (Lipinski definition) is 2. The van der Waals surface area contributed by atoms with Crippen molar-refractivity contribution in [3.63, 3.8) is 0 Å². The van der Waals surface area contributed by atoms with Crippen LogP contribution < -0.4 is 0 Å². The van der Waals surface area contributed by atoms with Crippen LogP contribution >= 0.6 is 23.2 Å². The van der Waals surface area contributed by atoms with Gasteiger partial charge in [-0.15, -0.1) is 0 Å². The predicted octanol–water partition coefficient (Wildman–Crippen LogP) is 1.87. The van der Waals surface area contributed by atoms with Crippen LogP contribution in [0.25, 0.3) is 0 Å². The zero-order chi connectivity index (χ0) is 9.42. The Hall–Kier alpha value is -0.930. The summed E-state index contributed by atoms with van der Waals surface area (Å²) >= 11 is 11.3. The molecule has 2 aliphatic rings. The summed E-state index contributed by atoms with van der Waals surface area (Å²) in [7, 11) is 0. The van der Waals surface area contributed by atoms with Gasteiger partial charge in [0.05, 0.1) is 5.71 Å². The fraction of sp³-hybridized carbons (Fsp3) is 0.125. The van der Waals surface area contributed by atoms with Crippen LogP contribution in [-0.2, 0) is 4.79 Å². The van der Waals surface area contributed by atoms with Crippen molar-refractivity contribution in [1.82, 2.24) is 0 Å². The zero-order valence-corrected chi connectivity index (χ0v) is 7.88.